The second-order valence-corrected chi connectivity index (χ2v) is 7.06. The second kappa shape index (κ2) is 5.74. The third-order valence-electron chi connectivity index (χ3n) is 5.56. The van der Waals surface area contributed by atoms with Crippen molar-refractivity contribution in [1.82, 2.24) is 14.8 Å². The Bertz CT molecular complexity index is 931. The lowest BCUT2D eigenvalue weighted by Crippen LogP contribution is -2.51. The summed E-state index contributed by atoms with van der Waals surface area (Å²) in [7, 11) is 0. The summed E-state index contributed by atoms with van der Waals surface area (Å²) in [5, 5.41) is 1.32. The lowest BCUT2D eigenvalue weighted by atomic mass is 9.93. The first-order valence-electron chi connectivity index (χ1n) is 8.95. The van der Waals surface area contributed by atoms with Gasteiger partial charge in [-0.15, -0.1) is 0 Å². The minimum absolute atomic E-state index is 0.190. The quantitative estimate of drug-likeness (QED) is 0.781. The Morgan fingerprint density at radius 3 is 2.72 bits per heavy atom. The SMILES string of the molecule is O=C1CC2c3[nH]c4ccccc4c3CCN2CN1Cc1ccccc1. The number of H-pyrrole nitrogens is 1. The number of benzene rings is 2. The Kier molecular flexibility index (Phi) is 3.38. The number of para-hydroxylation sites is 1. The molecule has 4 nitrogen and oxygen atoms in total. The van der Waals surface area contributed by atoms with Gasteiger partial charge in [0.25, 0.3) is 0 Å². The average Bonchev–Trinajstić information content (AvgIpc) is 3.02. The fraction of sp³-hybridized carbons (Fsp3) is 0.286. The summed E-state index contributed by atoms with van der Waals surface area (Å²) in [5.41, 5.74) is 5.03. The van der Waals surface area contributed by atoms with Crippen LogP contribution in [0.15, 0.2) is 54.6 Å². The zero-order valence-corrected chi connectivity index (χ0v) is 14.1. The molecular weight excluding hydrogens is 310 g/mol. The Hall–Kier alpha value is -2.59. The van der Waals surface area contributed by atoms with Crippen LogP contribution in [-0.4, -0.2) is 33.9 Å². The van der Waals surface area contributed by atoms with Crippen LogP contribution in [0.2, 0.25) is 0 Å². The summed E-state index contributed by atoms with van der Waals surface area (Å²) in [4.78, 5) is 20.8. The van der Waals surface area contributed by atoms with Gasteiger partial charge in [0, 0.05) is 36.1 Å². The van der Waals surface area contributed by atoms with Gasteiger partial charge in [0.1, 0.15) is 0 Å². The highest BCUT2D eigenvalue weighted by molar-refractivity contribution is 5.86. The van der Waals surface area contributed by atoms with Crippen molar-refractivity contribution in [2.45, 2.75) is 25.4 Å². The molecule has 0 radical (unpaired) electrons. The molecule has 4 heteroatoms. The van der Waals surface area contributed by atoms with E-state index < -0.39 is 0 Å². The molecule has 0 saturated carbocycles. The van der Waals surface area contributed by atoms with Crippen molar-refractivity contribution in [1.29, 1.82) is 0 Å². The third kappa shape index (κ3) is 2.45. The van der Waals surface area contributed by atoms with E-state index in [9.17, 15) is 4.79 Å². The third-order valence-corrected chi connectivity index (χ3v) is 5.56. The summed E-state index contributed by atoms with van der Waals surface area (Å²) in [6, 6.07) is 18.9. The molecule has 5 rings (SSSR count). The van der Waals surface area contributed by atoms with Crippen LogP contribution in [0.25, 0.3) is 10.9 Å². The maximum Gasteiger partial charge on any atom is 0.225 e. The van der Waals surface area contributed by atoms with E-state index in [0.717, 1.165) is 13.0 Å². The van der Waals surface area contributed by atoms with Crippen molar-refractivity contribution in [2.75, 3.05) is 13.2 Å². The monoisotopic (exact) mass is 331 g/mol. The van der Waals surface area contributed by atoms with E-state index in [0.29, 0.717) is 19.6 Å². The van der Waals surface area contributed by atoms with Crippen LogP contribution < -0.4 is 0 Å². The predicted molar refractivity (Wildman–Crippen MR) is 97.9 cm³/mol. The van der Waals surface area contributed by atoms with Crippen molar-refractivity contribution >= 4 is 16.8 Å². The van der Waals surface area contributed by atoms with Gasteiger partial charge >= 0.3 is 0 Å². The first kappa shape index (κ1) is 14.7. The van der Waals surface area contributed by atoms with Gasteiger partial charge in [-0.1, -0.05) is 48.5 Å². The first-order valence-corrected chi connectivity index (χ1v) is 8.95. The van der Waals surface area contributed by atoms with E-state index in [1.54, 1.807) is 0 Å². The highest BCUT2D eigenvalue weighted by Crippen LogP contribution is 2.38. The fourth-order valence-corrected chi connectivity index (χ4v) is 4.30. The summed E-state index contributed by atoms with van der Waals surface area (Å²) < 4.78 is 0. The van der Waals surface area contributed by atoms with Gasteiger partial charge in [0.05, 0.1) is 12.7 Å². The van der Waals surface area contributed by atoms with Crippen molar-refractivity contribution in [3.8, 4) is 0 Å². The number of aromatic amines is 1. The number of carbonyl (C=O) groups excluding carboxylic acids is 1. The zero-order valence-electron chi connectivity index (χ0n) is 14.1. The maximum absolute atomic E-state index is 12.8. The number of hydrogen-bond acceptors (Lipinski definition) is 2. The van der Waals surface area contributed by atoms with Crippen molar-refractivity contribution in [3.63, 3.8) is 0 Å². The lowest BCUT2D eigenvalue weighted by molar-refractivity contribution is -0.142. The molecule has 2 aliphatic heterocycles. The molecular formula is C21H21N3O. The summed E-state index contributed by atoms with van der Waals surface area (Å²) >= 11 is 0. The number of fused-ring (bicyclic) bond motifs is 5. The van der Waals surface area contributed by atoms with Crippen molar-refractivity contribution in [3.05, 3.63) is 71.4 Å². The van der Waals surface area contributed by atoms with Gasteiger partial charge in [0.2, 0.25) is 5.91 Å². The van der Waals surface area contributed by atoms with E-state index in [-0.39, 0.29) is 11.9 Å². The highest BCUT2D eigenvalue weighted by Gasteiger charge is 2.37. The summed E-state index contributed by atoms with van der Waals surface area (Å²) in [6.07, 6.45) is 1.61. The van der Waals surface area contributed by atoms with Gasteiger partial charge in [0.15, 0.2) is 0 Å². The zero-order chi connectivity index (χ0) is 16.8. The number of carbonyl (C=O) groups is 1. The molecule has 1 saturated heterocycles. The summed E-state index contributed by atoms with van der Waals surface area (Å²) in [6.45, 7) is 2.42. The molecule has 2 aliphatic rings. The average molecular weight is 331 g/mol. The Morgan fingerprint density at radius 2 is 1.84 bits per heavy atom. The van der Waals surface area contributed by atoms with Gasteiger partial charge in [-0.3, -0.25) is 9.69 Å². The minimum atomic E-state index is 0.190. The van der Waals surface area contributed by atoms with Crippen molar-refractivity contribution in [2.24, 2.45) is 0 Å². The first-order chi connectivity index (χ1) is 12.3. The van der Waals surface area contributed by atoms with E-state index in [1.807, 2.05) is 23.1 Å². The van der Waals surface area contributed by atoms with Crippen LogP contribution in [0.5, 0.6) is 0 Å². The van der Waals surface area contributed by atoms with Crippen LogP contribution in [-0.2, 0) is 17.8 Å². The lowest BCUT2D eigenvalue weighted by Gasteiger charge is -2.43. The number of aromatic nitrogens is 1. The smallest absolute Gasteiger partial charge is 0.225 e. The topological polar surface area (TPSA) is 39.3 Å². The molecule has 0 bridgehead atoms. The van der Waals surface area contributed by atoms with Crippen LogP contribution in [0, 0.1) is 0 Å². The molecule has 25 heavy (non-hydrogen) atoms. The van der Waals surface area contributed by atoms with E-state index >= 15 is 0 Å². The Morgan fingerprint density at radius 1 is 1.04 bits per heavy atom. The number of nitrogens with zero attached hydrogens (tertiary/aromatic N) is 2. The Balaban J connectivity index is 1.43. The van der Waals surface area contributed by atoms with Gasteiger partial charge < -0.3 is 9.88 Å². The molecule has 1 atom stereocenters. The molecule has 126 valence electrons. The van der Waals surface area contributed by atoms with Crippen molar-refractivity contribution < 1.29 is 4.79 Å². The van der Waals surface area contributed by atoms with Crippen LogP contribution >= 0.6 is 0 Å². The van der Waals surface area contributed by atoms with Gasteiger partial charge in [-0.2, -0.15) is 0 Å². The molecule has 1 aromatic heterocycles. The number of hydrogen-bond donors (Lipinski definition) is 1. The van der Waals surface area contributed by atoms with E-state index in [2.05, 4.69) is 46.3 Å². The largest absolute Gasteiger partial charge is 0.357 e. The molecule has 0 aliphatic carbocycles. The number of amides is 1. The van der Waals surface area contributed by atoms with Crippen LogP contribution in [0.4, 0.5) is 0 Å². The predicted octanol–water partition coefficient (Wildman–Crippen LogP) is 3.46. The highest BCUT2D eigenvalue weighted by atomic mass is 16.2. The molecule has 3 heterocycles. The molecule has 1 unspecified atom stereocenters. The van der Waals surface area contributed by atoms with E-state index in [1.165, 1.54) is 27.7 Å². The summed E-state index contributed by atoms with van der Waals surface area (Å²) in [5.74, 6) is 0.247. The number of rotatable bonds is 2. The molecule has 1 fully saturated rings. The fourth-order valence-electron chi connectivity index (χ4n) is 4.30. The molecule has 0 spiro atoms. The normalized spacial score (nSPS) is 20.6. The van der Waals surface area contributed by atoms with Gasteiger partial charge in [-0.25, -0.2) is 0 Å². The Labute approximate surface area is 147 Å². The maximum atomic E-state index is 12.8. The second-order valence-electron chi connectivity index (χ2n) is 7.06. The van der Waals surface area contributed by atoms with Gasteiger partial charge in [-0.05, 0) is 23.6 Å². The van der Waals surface area contributed by atoms with Crippen LogP contribution in [0.3, 0.4) is 0 Å². The van der Waals surface area contributed by atoms with E-state index in [4.69, 9.17) is 0 Å². The molecule has 3 aromatic rings. The molecule has 1 amide bonds. The molecule has 2 aromatic carbocycles. The molecule has 1 N–H and O–H groups in total. The van der Waals surface area contributed by atoms with Crippen LogP contribution in [0.1, 0.15) is 29.3 Å². The standard InChI is InChI=1S/C21H21N3O/c25-20-12-19-21-17(16-8-4-5-9-18(16)22-21)10-11-23(19)14-24(20)13-15-6-2-1-3-7-15/h1-9,19,22H,10-14H2. The minimum Gasteiger partial charge on any atom is -0.357 e. The number of nitrogens with one attached hydrogen (secondary N) is 1.